The van der Waals surface area contributed by atoms with Gasteiger partial charge < -0.3 is 25.2 Å². The van der Waals surface area contributed by atoms with E-state index in [4.69, 9.17) is 14.9 Å². The Morgan fingerprint density at radius 1 is 1.50 bits per heavy atom. The molecule has 1 fully saturated rings. The Balaban J connectivity index is 2.46. The third-order valence-corrected chi connectivity index (χ3v) is 3.24. The second-order valence-corrected chi connectivity index (χ2v) is 4.93. The lowest BCUT2D eigenvalue weighted by Crippen LogP contribution is -2.52. The summed E-state index contributed by atoms with van der Waals surface area (Å²) in [5.74, 6) is -1.14. The molecule has 7 heteroatoms. The van der Waals surface area contributed by atoms with E-state index >= 15 is 0 Å². The number of piperidine rings is 1. The van der Waals surface area contributed by atoms with E-state index in [1.165, 1.54) is 0 Å². The van der Waals surface area contributed by atoms with Gasteiger partial charge in [-0.15, -0.1) is 0 Å². The number of aliphatic hydroxyl groups excluding tert-OH is 1. The lowest BCUT2D eigenvalue weighted by molar-refractivity contribution is -0.139. The molecule has 20 heavy (non-hydrogen) atoms. The molecule has 7 nitrogen and oxygen atoms in total. The van der Waals surface area contributed by atoms with E-state index in [1.807, 2.05) is 6.92 Å². The highest BCUT2D eigenvalue weighted by Gasteiger charge is 2.27. The Labute approximate surface area is 118 Å². The number of carboxylic acid groups (broad SMARTS) is 1. The standard InChI is InChI=1S/C13H24N2O5/c1-2-8-20-10-4-3-6-15(9-10)13(19)14-11(5-7-16)12(17)18/h10-11,16H,2-9H2,1H3,(H,14,19)(H,17,18). The maximum absolute atomic E-state index is 12.0. The summed E-state index contributed by atoms with van der Waals surface area (Å²) < 4.78 is 5.63. The summed E-state index contributed by atoms with van der Waals surface area (Å²) in [4.78, 5) is 24.5. The van der Waals surface area contributed by atoms with Crippen molar-refractivity contribution in [3.05, 3.63) is 0 Å². The highest BCUT2D eigenvalue weighted by atomic mass is 16.5. The molecule has 0 aromatic carbocycles. The fourth-order valence-electron chi connectivity index (χ4n) is 2.17. The summed E-state index contributed by atoms with van der Waals surface area (Å²) in [5, 5.41) is 20.2. The molecule has 1 aliphatic heterocycles. The van der Waals surface area contributed by atoms with E-state index in [-0.39, 0.29) is 19.1 Å². The van der Waals surface area contributed by atoms with E-state index in [1.54, 1.807) is 4.90 Å². The van der Waals surface area contributed by atoms with Crippen molar-refractivity contribution in [2.24, 2.45) is 0 Å². The number of carbonyl (C=O) groups is 2. The monoisotopic (exact) mass is 288 g/mol. The molecule has 2 atom stereocenters. The molecule has 2 amide bonds. The second kappa shape index (κ2) is 8.76. The Morgan fingerprint density at radius 3 is 2.85 bits per heavy atom. The predicted octanol–water partition coefficient (Wildman–Crippen LogP) is 0.423. The van der Waals surface area contributed by atoms with Crippen LogP contribution in [0.4, 0.5) is 4.79 Å². The van der Waals surface area contributed by atoms with Crippen LogP contribution in [-0.4, -0.2) is 65.6 Å². The van der Waals surface area contributed by atoms with Crippen molar-refractivity contribution in [2.45, 2.75) is 44.8 Å². The van der Waals surface area contributed by atoms with Crippen LogP contribution in [0.25, 0.3) is 0 Å². The smallest absolute Gasteiger partial charge is 0.326 e. The van der Waals surface area contributed by atoms with E-state index < -0.39 is 18.0 Å². The minimum Gasteiger partial charge on any atom is -0.480 e. The number of aliphatic hydroxyl groups is 1. The average molecular weight is 288 g/mol. The summed E-state index contributed by atoms with van der Waals surface area (Å²) >= 11 is 0. The zero-order valence-corrected chi connectivity index (χ0v) is 11.9. The number of rotatable bonds is 7. The molecule has 1 aliphatic rings. The van der Waals surface area contributed by atoms with Gasteiger partial charge in [-0.1, -0.05) is 6.92 Å². The molecule has 0 aromatic heterocycles. The minimum atomic E-state index is -1.14. The maximum atomic E-state index is 12.0. The first-order valence-electron chi connectivity index (χ1n) is 7.09. The van der Waals surface area contributed by atoms with Crippen molar-refractivity contribution in [3.8, 4) is 0 Å². The van der Waals surface area contributed by atoms with Gasteiger partial charge in [-0.05, 0) is 19.3 Å². The number of carboxylic acids is 1. The predicted molar refractivity (Wildman–Crippen MR) is 72.5 cm³/mol. The van der Waals surface area contributed by atoms with Crippen LogP contribution in [0.5, 0.6) is 0 Å². The van der Waals surface area contributed by atoms with E-state index in [0.29, 0.717) is 19.7 Å². The van der Waals surface area contributed by atoms with Gasteiger partial charge in [0.2, 0.25) is 0 Å². The summed E-state index contributed by atoms with van der Waals surface area (Å²) in [7, 11) is 0. The lowest BCUT2D eigenvalue weighted by atomic mass is 10.1. The number of carbonyl (C=O) groups excluding carboxylic acids is 1. The molecular weight excluding hydrogens is 264 g/mol. The third-order valence-electron chi connectivity index (χ3n) is 3.24. The van der Waals surface area contributed by atoms with Gasteiger partial charge in [0, 0.05) is 32.7 Å². The zero-order valence-electron chi connectivity index (χ0n) is 11.9. The fourth-order valence-corrected chi connectivity index (χ4v) is 2.17. The summed E-state index contributed by atoms with van der Waals surface area (Å²) in [5.41, 5.74) is 0. The molecule has 0 radical (unpaired) electrons. The van der Waals surface area contributed by atoms with Crippen molar-refractivity contribution >= 4 is 12.0 Å². The number of amides is 2. The van der Waals surface area contributed by atoms with Crippen molar-refractivity contribution in [1.29, 1.82) is 0 Å². The van der Waals surface area contributed by atoms with Crippen molar-refractivity contribution in [3.63, 3.8) is 0 Å². The van der Waals surface area contributed by atoms with Gasteiger partial charge in [0.05, 0.1) is 6.10 Å². The molecule has 0 saturated carbocycles. The van der Waals surface area contributed by atoms with Crippen LogP contribution >= 0.6 is 0 Å². The maximum Gasteiger partial charge on any atom is 0.326 e. The first-order valence-corrected chi connectivity index (χ1v) is 7.09. The van der Waals surface area contributed by atoms with Crippen LogP contribution in [0.15, 0.2) is 0 Å². The summed E-state index contributed by atoms with van der Waals surface area (Å²) in [6, 6.07) is -1.46. The Kier molecular flexibility index (Phi) is 7.32. The number of nitrogens with zero attached hydrogens (tertiary/aromatic N) is 1. The molecule has 3 N–H and O–H groups in total. The topological polar surface area (TPSA) is 99.1 Å². The molecule has 0 aliphatic carbocycles. The van der Waals surface area contributed by atoms with Crippen LogP contribution < -0.4 is 5.32 Å². The quantitative estimate of drug-likeness (QED) is 0.630. The first-order chi connectivity index (χ1) is 9.58. The fraction of sp³-hybridized carbons (Fsp3) is 0.846. The van der Waals surface area contributed by atoms with Crippen molar-refractivity contribution in [1.82, 2.24) is 10.2 Å². The SMILES string of the molecule is CCCOC1CCCN(C(=O)NC(CCO)C(=O)O)C1. The molecular formula is C13H24N2O5. The molecule has 0 bridgehead atoms. The normalized spacial score (nSPS) is 20.5. The molecule has 0 spiro atoms. The van der Waals surface area contributed by atoms with Crippen LogP contribution in [0.1, 0.15) is 32.6 Å². The van der Waals surface area contributed by atoms with Crippen molar-refractivity contribution in [2.75, 3.05) is 26.3 Å². The summed E-state index contributed by atoms with van der Waals surface area (Å²) in [6.45, 7) is 3.50. The van der Waals surface area contributed by atoms with E-state index in [2.05, 4.69) is 5.32 Å². The Hall–Kier alpha value is -1.34. The number of ether oxygens (including phenoxy) is 1. The molecule has 116 valence electrons. The number of aliphatic carboxylic acids is 1. The highest BCUT2D eigenvalue weighted by Crippen LogP contribution is 2.13. The number of hydrogen-bond acceptors (Lipinski definition) is 4. The number of likely N-dealkylation sites (tertiary alicyclic amines) is 1. The molecule has 2 unspecified atom stereocenters. The number of urea groups is 1. The largest absolute Gasteiger partial charge is 0.480 e. The number of nitrogens with one attached hydrogen (secondary N) is 1. The van der Waals surface area contributed by atoms with Gasteiger partial charge in [0.15, 0.2) is 0 Å². The van der Waals surface area contributed by atoms with Gasteiger partial charge in [-0.25, -0.2) is 9.59 Å². The van der Waals surface area contributed by atoms with Gasteiger partial charge >= 0.3 is 12.0 Å². The van der Waals surface area contributed by atoms with Gasteiger partial charge in [-0.3, -0.25) is 0 Å². The average Bonchev–Trinajstić information content (AvgIpc) is 2.44. The first kappa shape index (κ1) is 16.7. The van der Waals surface area contributed by atoms with Crippen LogP contribution in [0.2, 0.25) is 0 Å². The molecule has 1 saturated heterocycles. The minimum absolute atomic E-state index is 0.00464. The van der Waals surface area contributed by atoms with Gasteiger partial charge in [0.1, 0.15) is 6.04 Å². The van der Waals surface area contributed by atoms with Gasteiger partial charge in [0.25, 0.3) is 0 Å². The van der Waals surface area contributed by atoms with E-state index in [0.717, 1.165) is 19.3 Å². The lowest BCUT2D eigenvalue weighted by Gasteiger charge is -2.33. The molecule has 0 aromatic rings. The van der Waals surface area contributed by atoms with Crippen molar-refractivity contribution < 1.29 is 24.5 Å². The van der Waals surface area contributed by atoms with Crippen LogP contribution in [0.3, 0.4) is 0 Å². The van der Waals surface area contributed by atoms with Gasteiger partial charge in [-0.2, -0.15) is 0 Å². The molecule has 1 rings (SSSR count). The van der Waals surface area contributed by atoms with Crippen LogP contribution in [-0.2, 0) is 9.53 Å². The second-order valence-electron chi connectivity index (χ2n) is 4.93. The Bertz CT molecular complexity index is 324. The Morgan fingerprint density at radius 2 is 2.25 bits per heavy atom. The summed E-state index contributed by atoms with van der Waals surface area (Å²) in [6.07, 6.45) is 2.73. The zero-order chi connectivity index (χ0) is 15.0. The number of hydrogen-bond donors (Lipinski definition) is 3. The van der Waals surface area contributed by atoms with Crippen LogP contribution in [0, 0.1) is 0 Å². The molecule has 1 heterocycles. The highest BCUT2D eigenvalue weighted by molar-refractivity contribution is 5.82. The third kappa shape index (κ3) is 5.34. The van der Waals surface area contributed by atoms with E-state index in [9.17, 15) is 9.59 Å².